The van der Waals surface area contributed by atoms with Crippen LogP contribution in [0.1, 0.15) is 124 Å². The summed E-state index contributed by atoms with van der Waals surface area (Å²) in [6.45, 7) is 11.5. The summed E-state index contributed by atoms with van der Waals surface area (Å²) in [6.07, 6.45) is 7.59. The predicted octanol–water partition coefficient (Wildman–Crippen LogP) is 6.57. The third-order valence-corrected chi connectivity index (χ3v) is 15.1. The number of amides is 3. The molecule has 0 bridgehead atoms. The Morgan fingerprint density at radius 3 is 2.33 bits per heavy atom. The largest absolute Gasteiger partial charge is 0.391 e. The Morgan fingerprint density at radius 2 is 1.61 bits per heavy atom. The molecule has 3 N–H and O–H groups in total. The number of thiazole rings is 1. The zero-order chi connectivity index (χ0) is 49.1. The van der Waals surface area contributed by atoms with Crippen LogP contribution in [0.2, 0.25) is 0 Å². The number of hydrogen-bond donors (Lipinski definition) is 3. The molecule has 2 fully saturated rings. The van der Waals surface area contributed by atoms with Crippen molar-refractivity contribution in [2.75, 3.05) is 39.3 Å². The first-order valence-corrected chi connectivity index (χ1v) is 25.9. The second kappa shape index (κ2) is 24.1. The van der Waals surface area contributed by atoms with E-state index in [0.29, 0.717) is 51.7 Å². The maximum Gasteiger partial charge on any atom is 0.270 e. The number of rotatable bonds is 23. The van der Waals surface area contributed by atoms with Gasteiger partial charge < -0.3 is 25.3 Å². The van der Waals surface area contributed by atoms with E-state index in [0.717, 1.165) is 72.6 Å². The molecule has 2 saturated heterocycles. The Kier molecular flexibility index (Phi) is 18.0. The summed E-state index contributed by atoms with van der Waals surface area (Å²) >= 11 is 1.60. The summed E-state index contributed by atoms with van der Waals surface area (Å²) in [5.41, 5.74) is 8.06. The van der Waals surface area contributed by atoms with E-state index in [1.54, 1.807) is 17.4 Å². The van der Waals surface area contributed by atoms with Gasteiger partial charge in [0.05, 0.1) is 34.3 Å². The second-order valence-electron chi connectivity index (χ2n) is 20.6. The fourth-order valence-corrected chi connectivity index (χ4v) is 10.8. The SMILES string of the molecule is Cc1ncsc1-c1ccc(CCC(=O)[C@@H]2C[C@@H](O)CN2C(=O)[C@@H](CC(=O)CCCCCCCC(=O)N2CC(Cc3cc(C(=O)NC[C@H](O)CN4CCc5ccccc5C4)ncn3)C2)C(C)(C)C)cc1. The summed E-state index contributed by atoms with van der Waals surface area (Å²) in [6, 6.07) is 17.5. The number of likely N-dealkylation sites (tertiary alicyclic amines) is 2. The number of unbranched alkanes of at least 4 members (excludes halogenated alkanes) is 4. The van der Waals surface area contributed by atoms with Crippen molar-refractivity contribution in [3.8, 4) is 10.4 Å². The first-order valence-electron chi connectivity index (χ1n) is 25.0. The van der Waals surface area contributed by atoms with E-state index in [2.05, 4.69) is 43.4 Å². The number of nitrogens with one attached hydrogen (secondary N) is 1. The van der Waals surface area contributed by atoms with Crippen molar-refractivity contribution in [3.63, 3.8) is 0 Å². The van der Waals surface area contributed by atoms with Gasteiger partial charge in [-0.25, -0.2) is 15.0 Å². The smallest absolute Gasteiger partial charge is 0.270 e. The van der Waals surface area contributed by atoms with Crippen LogP contribution in [0, 0.1) is 24.2 Å². The summed E-state index contributed by atoms with van der Waals surface area (Å²) in [4.78, 5) is 86.4. The first-order chi connectivity index (χ1) is 33.1. The first kappa shape index (κ1) is 51.6. The van der Waals surface area contributed by atoms with Crippen LogP contribution < -0.4 is 5.32 Å². The standard InChI is InChI=1S/C54H71N7O7S/c1-36-51(69-35-58-36)40-19-16-37(17-20-40)18-21-49(65)48-27-44(63)33-61(48)53(68)46(54(2,3)4)26-43(62)14-8-6-5-7-9-15-50(66)60-29-38(30-60)24-42-25-47(57-34-56-42)52(67)55-28-45(64)32-59-23-22-39-12-10-11-13-41(39)31-59/h10-13,16-17,19-20,25,34-35,38,44-46,48,63-64H,5-9,14-15,18,21-24,26-33H2,1-4H3,(H,55,67)/t44-,45+,46-,48+/m1/s1. The van der Waals surface area contributed by atoms with Crippen molar-refractivity contribution in [1.29, 1.82) is 0 Å². The summed E-state index contributed by atoms with van der Waals surface area (Å²) in [7, 11) is 0. The summed E-state index contributed by atoms with van der Waals surface area (Å²) in [5.74, 6) is -0.846. The van der Waals surface area contributed by atoms with E-state index >= 15 is 0 Å². The molecule has 2 aromatic carbocycles. The molecule has 14 nitrogen and oxygen atoms in total. The lowest BCUT2D eigenvalue weighted by molar-refractivity contribution is -0.145. The average Bonchev–Trinajstić information content (AvgIpc) is 3.94. The van der Waals surface area contributed by atoms with Crippen LogP contribution in [0.3, 0.4) is 0 Å². The molecule has 0 spiro atoms. The van der Waals surface area contributed by atoms with Crippen LogP contribution in [0.4, 0.5) is 0 Å². The third-order valence-electron chi connectivity index (χ3n) is 14.1. The highest BCUT2D eigenvalue weighted by molar-refractivity contribution is 7.13. The fourth-order valence-electron chi connectivity index (χ4n) is 9.98. The lowest BCUT2D eigenvalue weighted by atomic mass is 9.76. The molecule has 3 aliphatic rings. The Balaban J connectivity index is 0.749. The Hall–Kier alpha value is -5.22. The molecular formula is C54H71N7O7S. The van der Waals surface area contributed by atoms with E-state index in [-0.39, 0.29) is 73.3 Å². The molecule has 5 heterocycles. The number of benzene rings is 2. The third kappa shape index (κ3) is 14.4. The number of aromatic nitrogens is 3. The highest BCUT2D eigenvalue weighted by atomic mass is 32.1. The molecule has 370 valence electrons. The molecule has 0 unspecified atom stereocenters. The number of aryl methyl sites for hydroxylation is 2. The maximum atomic E-state index is 14.1. The fraction of sp³-hybridized carbons (Fsp3) is 0.556. The van der Waals surface area contributed by atoms with Gasteiger partial charge in [-0.05, 0) is 78.7 Å². The monoisotopic (exact) mass is 962 g/mol. The summed E-state index contributed by atoms with van der Waals surface area (Å²) in [5, 5.41) is 24.1. The molecule has 0 saturated carbocycles. The number of nitrogens with zero attached hydrogens (tertiary/aromatic N) is 6. The van der Waals surface area contributed by atoms with Gasteiger partial charge in [0.2, 0.25) is 11.8 Å². The van der Waals surface area contributed by atoms with Crippen molar-refractivity contribution < 1.29 is 34.2 Å². The molecule has 4 atom stereocenters. The van der Waals surface area contributed by atoms with Crippen LogP contribution in [0.5, 0.6) is 0 Å². The number of carbonyl (C=O) groups excluding carboxylic acids is 5. The molecule has 3 aliphatic heterocycles. The van der Waals surface area contributed by atoms with E-state index in [1.807, 2.05) is 68.4 Å². The van der Waals surface area contributed by atoms with Crippen LogP contribution in [0.15, 0.2) is 66.4 Å². The van der Waals surface area contributed by atoms with Crippen LogP contribution >= 0.6 is 11.3 Å². The van der Waals surface area contributed by atoms with Gasteiger partial charge >= 0.3 is 0 Å². The van der Waals surface area contributed by atoms with E-state index in [9.17, 15) is 34.2 Å². The van der Waals surface area contributed by atoms with Crippen LogP contribution in [-0.2, 0) is 45.0 Å². The molecule has 69 heavy (non-hydrogen) atoms. The van der Waals surface area contributed by atoms with Crippen molar-refractivity contribution in [3.05, 3.63) is 100 Å². The number of Topliss-reactive ketones (excluding diaryl/α,β-unsaturated/α-hetero) is 2. The number of fused-ring (bicyclic) bond motifs is 1. The molecule has 3 amide bonds. The normalized spacial score (nSPS) is 18.3. The van der Waals surface area contributed by atoms with Gasteiger partial charge in [0.1, 0.15) is 17.8 Å². The van der Waals surface area contributed by atoms with Crippen LogP contribution in [-0.4, -0.2) is 127 Å². The van der Waals surface area contributed by atoms with Gasteiger partial charge in [-0.2, -0.15) is 0 Å². The molecule has 4 aromatic rings. The lowest BCUT2D eigenvalue weighted by Gasteiger charge is -2.39. The topological polar surface area (TPSA) is 186 Å². The van der Waals surface area contributed by atoms with Gasteiger partial charge in [-0.1, -0.05) is 88.6 Å². The highest BCUT2D eigenvalue weighted by Gasteiger charge is 2.44. The van der Waals surface area contributed by atoms with Crippen LogP contribution in [0.25, 0.3) is 10.4 Å². The molecule has 0 aliphatic carbocycles. The minimum atomic E-state index is -0.783. The Labute approximate surface area is 411 Å². The van der Waals surface area contributed by atoms with Crippen molar-refractivity contribution in [2.24, 2.45) is 17.3 Å². The molecule has 7 rings (SSSR count). The number of aliphatic hydroxyl groups is 2. The number of ketones is 2. The Bertz CT molecular complexity index is 2390. The second-order valence-corrected chi connectivity index (χ2v) is 21.5. The van der Waals surface area contributed by atoms with Gasteiger partial charge in [0.15, 0.2) is 5.78 Å². The number of carbonyl (C=O) groups is 5. The van der Waals surface area contributed by atoms with Crippen molar-refractivity contribution in [1.82, 2.24) is 35.0 Å². The number of aliphatic hydroxyl groups excluding tert-OH is 2. The number of β-amino-alcohol motifs (C(OH)–C–C–N with tert-alkyl or cyclic N) is 2. The van der Waals surface area contributed by atoms with Crippen molar-refractivity contribution in [2.45, 2.75) is 136 Å². The van der Waals surface area contributed by atoms with Crippen molar-refractivity contribution >= 4 is 40.6 Å². The minimum absolute atomic E-state index is 0.0255. The molecular weight excluding hydrogens is 891 g/mol. The summed E-state index contributed by atoms with van der Waals surface area (Å²) < 4.78 is 0. The predicted molar refractivity (Wildman–Crippen MR) is 266 cm³/mol. The molecule has 15 heteroatoms. The van der Waals surface area contributed by atoms with E-state index in [1.165, 1.54) is 22.4 Å². The van der Waals surface area contributed by atoms with Gasteiger partial charge in [0, 0.05) is 89.5 Å². The van der Waals surface area contributed by atoms with E-state index in [4.69, 9.17) is 0 Å². The van der Waals surface area contributed by atoms with E-state index < -0.39 is 29.6 Å². The zero-order valence-corrected chi connectivity index (χ0v) is 41.7. The maximum absolute atomic E-state index is 14.1. The Morgan fingerprint density at radius 1 is 0.884 bits per heavy atom. The molecule has 2 aromatic heterocycles. The van der Waals surface area contributed by atoms with Gasteiger partial charge in [0.25, 0.3) is 5.91 Å². The quantitative estimate of drug-likeness (QED) is 0.0683. The lowest BCUT2D eigenvalue weighted by Crippen LogP contribution is -2.50. The number of hydrogen-bond acceptors (Lipinski definition) is 12. The minimum Gasteiger partial charge on any atom is -0.391 e. The highest BCUT2D eigenvalue weighted by Crippen LogP contribution is 2.35. The van der Waals surface area contributed by atoms with Gasteiger partial charge in [-0.15, -0.1) is 11.3 Å². The molecule has 0 radical (unpaired) electrons. The average molecular weight is 962 g/mol. The van der Waals surface area contributed by atoms with Gasteiger partial charge in [-0.3, -0.25) is 28.9 Å². The zero-order valence-electron chi connectivity index (χ0n) is 40.9.